The van der Waals surface area contributed by atoms with Crippen molar-refractivity contribution in [3.63, 3.8) is 0 Å². The van der Waals surface area contributed by atoms with Gasteiger partial charge in [0.05, 0.1) is 0 Å². The van der Waals surface area contributed by atoms with Crippen molar-refractivity contribution in [3.8, 4) is 0 Å². The van der Waals surface area contributed by atoms with E-state index in [1.54, 1.807) is 6.07 Å². The van der Waals surface area contributed by atoms with Gasteiger partial charge in [0, 0.05) is 11.7 Å². The van der Waals surface area contributed by atoms with Crippen molar-refractivity contribution < 1.29 is 4.39 Å². The average molecular weight is 263 g/mol. The van der Waals surface area contributed by atoms with Crippen LogP contribution in [0.5, 0.6) is 0 Å². The predicted octanol–water partition coefficient (Wildman–Crippen LogP) is 5.30. The smallest absolute Gasteiger partial charge is 0.125 e. The van der Waals surface area contributed by atoms with E-state index in [2.05, 4.69) is 12.2 Å². The maximum atomic E-state index is 13.3. The molecule has 1 N–H and O–H groups in total. The average Bonchev–Trinajstić information content (AvgIpc) is 2.60. The van der Waals surface area contributed by atoms with E-state index in [0.717, 1.165) is 17.2 Å². The molecule has 1 aromatic rings. The van der Waals surface area contributed by atoms with Gasteiger partial charge in [0.15, 0.2) is 0 Å². The summed E-state index contributed by atoms with van der Waals surface area (Å²) in [5.74, 6) is 0.760. The number of hydrogen-bond acceptors (Lipinski definition) is 1. The molecule has 2 heteroatoms. The quantitative estimate of drug-likeness (QED) is 0.727. The molecule has 0 aliphatic heterocycles. The van der Waals surface area contributed by atoms with Crippen LogP contribution in [0, 0.1) is 18.7 Å². The lowest BCUT2D eigenvalue weighted by Gasteiger charge is -2.19. The number of nitrogens with one attached hydrogen (secondary N) is 1. The fraction of sp³-hybridized carbons (Fsp3) is 0.647. The highest BCUT2D eigenvalue weighted by Crippen LogP contribution is 2.29. The van der Waals surface area contributed by atoms with Crippen LogP contribution in [0.3, 0.4) is 0 Å². The zero-order valence-corrected chi connectivity index (χ0v) is 12.2. The van der Waals surface area contributed by atoms with Gasteiger partial charge in [-0.2, -0.15) is 0 Å². The van der Waals surface area contributed by atoms with Crippen molar-refractivity contribution in [1.29, 1.82) is 0 Å². The van der Waals surface area contributed by atoms with Gasteiger partial charge in [-0.3, -0.25) is 0 Å². The third-order valence-corrected chi connectivity index (χ3v) is 4.34. The maximum absolute atomic E-state index is 13.3. The molecule has 0 spiro atoms. The number of anilines is 1. The van der Waals surface area contributed by atoms with Crippen molar-refractivity contribution in [2.75, 3.05) is 5.32 Å². The molecule has 0 saturated heterocycles. The minimum Gasteiger partial charge on any atom is -0.382 e. The monoisotopic (exact) mass is 263 g/mol. The molecule has 1 aliphatic rings. The molecule has 19 heavy (non-hydrogen) atoms. The second kappa shape index (κ2) is 6.93. The molecule has 0 radical (unpaired) electrons. The highest BCUT2D eigenvalue weighted by atomic mass is 19.1. The second-order valence-electron chi connectivity index (χ2n) is 5.96. The van der Waals surface area contributed by atoms with Crippen LogP contribution in [0.25, 0.3) is 0 Å². The molecule has 0 amide bonds. The number of halogens is 1. The van der Waals surface area contributed by atoms with Crippen LogP contribution in [0.1, 0.15) is 57.4 Å². The van der Waals surface area contributed by atoms with Crippen LogP contribution < -0.4 is 5.32 Å². The summed E-state index contributed by atoms with van der Waals surface area (Å²) in [6.45, 7) is 4.31. The normalized spacial score (nSPS) is 23.9. The van der Waals surface area contributed by atoms with Crippen LogP contribution in [0.2, 0.25) is 0 Å². The Balaban J connectivity index is 1.94. The molecule has 1 saturated carbocycles. The molecule has 0 heterocycles. The van der Waals surface area contributed by atoms with Gasteiger partial charge in [-0.15, -0.1) is 0 Å². The van der Waals surface area contributed by atoms with E-state index in [9.17, 15) is 4.39 Å². The molecule has 1 aromatic carbocycles. The van der Waals surface area contributed by atoms with Crippen molar-refractivity contribution in [2.24, 2.45) is 5.92 Å². The minimum absolute atomic E-state index is 0.148. The lowest BCUT2D eigenvalue weighted by Crippen LogP contribution is -2.19. The summed E-state index contributed by atoms with van der Waals surface area (Å²) >= 11 is 0. The third kappa shape index (κ3) is 4.22. The molecule has 2 rings (SSSR count). The molecular formula is C17H26FN. The second-order valence-corrected chi connectivity index (χ2v) is 5.96. The van der Waals surface area contributed by atoms with E-state index in [-0.39, 0.29) is 5.82 Å². The summed E-state index contributed by atoms with van der Waals surface area (Å²) in [4.78, 5) is 0. The summed E-state index contributed by atoms with van der Waals surface area (Å²) < 4.78 is 13.3. The standard InChI is InChI=1S/C17H26FN/c1-3-5-14-6-4-7-16(11-9-14)19-17-12-15(18)10-8-13(17)2/h8,10,12,14,16,19H,3-7,9,11H2,1-2H3. The largest absolute Gasteiger partial charge is 0.382 e. The minimum atomic E-state index is -0.148. The topological polar surface area (TPSA) is 12.0 Å². The molecule has 2 unspecified atom stereocenters. The van der Waals surface area contributed by atoms with Crippen LogP contribution in [-0.4, -0.2) is 6.04 Å². The SMILES string of the molecule is CCCC1CCCC(Nc2cc(F)ccc2C)CC1. The van der Waals surface area contributed by atoms with Gasteiger partial charge in [0.2, 0.25) is 0 Å². The highest BCUT2D eigenvalue weighted by Gasteiger charge is 2.18. The van der Waals surface area contributed by atoms with Gasteiger partial charge in [-0.05, 0) is 49.8 Å². The van der Waals surface area contributed by atoms with E-state index in [4.69, 9.17) is 0 Å². The van der Waals surface area contributed by atoms with Gasteiger partial charge in [-0.25, -0.2) is 4.39 Å². The zero-order valence-electron chi connectivity index (χ0n) is 12.2. The van der Waals surface area contributed by atoms with E-state index in [1.165, 1.54) is 51.0 Å². The molecule has 0 bridgehead atoms. The molecule has 1 nitrogen and oxygen atoms in total. The number of aryl methyl sites for hydroxylation is 1. The van der Waals surface area contributed by atoms with Crippen LogP contribution >= 0.6 is 0 Å². The number of rotatable bonds is 4. The Kier molecular flexibility index (Phi) is 5.24. The lowest BCUT2D eigenvalue weighted by atomic mass is 9.95. The Hall–Kier alpha value is -1.05. The summed E-state index contributed by atoms with van der Waals surface area (Å²) in [6.07, 6.45) is 9.10. The Labute approximate surface area is 116 Å². The van der Waals surface area contributed by atoms with Crippen LogP contribution in [-0.2, 0) is 0 Å². The first kappa shape index (κ1) is 14.4. The lowest BCUT2D eigenvalue weighted by molar-refractivity contribution is 0.422. The molecule has 2 atom stereocenters. The molecule has 106 valence electrons. The van der Waals surface area contributed by atoms with E-state index < -0.39 is 0 Å². The first-order valence-corrected chi connectivity index (χ1v) is 7.71. The van der Waals surface area contributed by atoms with Crippen molar-refractivity contribution in [2.45, 2.75) is 64.8 Å². The first-order valence-electron chi connectivity index (χ1n) is 7.71. The Morgan fingerprint density at radius 1 is 1.21 bits per heavy atom. The van der Waals surface area contributed by atoms with Gasteiger partial charge in [-0.1, -0.05) is 38.7 Å². The van der Waals surface area contributed by atoms with Crippen molar-refractivity contribution in [3.05, 3.63) is 29.6 Å². The van der Waals surface area contributed by atoms with E-state index in [0.29, 0.717) is 6.04 Å². The van der Waals surface area contributed by atoms with E-state index >= 15 is 0 Å². The number of benzene rings is 1. The Bertz CT molecular complexity index is 402. The summed E-state index contributed by atoms with van der Waals surface area (Å²) in [5, 5.41) is 3.55. The van der Waals surface area contributed by atoms with Gasteiger partial charge >= 0.3 is 0 Å². The van der Waals surface area contributed by atoms with Gasteiger partial charge < -0.3 is 5.32 Å². The van der Waals surface area contributed by atoms with Crippen LogP contribution in [0.4, 0.5) is 10.1 Å². The molecular weight excluding hydrogens is 237 g/mol. The zero-order chi connectivity index (χ0) is 13.7. The van der Waals surface area contributed by atoms with Crippen molar-refractivity contribution >= 4 is 5.69 Å². The number of hydrogen-bond donors (Lipinski definition) is 1. The van der Waals surface area contributed by atoms with E-state index in [1.807, 2.05) is 13.0 Å². The fourth-order valence-electron chi connectivity index (χ4n) is 3.19. The van der Waals surface area contributed by atoms with Crippen LogP contribution in [0.15, 0.2) is 18.2 Å². The molecule has 1 aliphatic carbocycles. The van der Waals surface area contributed by atoms with Crippen molar-refractivity contribution in [1.82, 2.24) is 0 Å². The third-order valence-electron chi connectivity index (χ3n) is 4.34. The Morgan fingerprint density at radius 2 is 2.05 bits per heavy atom. The fourth-order valence-corrected chi connectivity index (χ4v) is 3.19. The Morgan fingerprint density at radius 3 is 2.84 bits per heavy atom. The van der Waals surface area contributed by atoms with Gasteiger partial charge in [0.25, 0.3) is 0 Å². The first-order chi connectivity index (χ1) is 9.19. The summed E-state index contributed by atoms with van der Waals surface area (Å²) in [6, 6.07) is 5.53. The predicted molar refractivity (Wildman–Crippen MR) is 80.0 cm³/mol. The summed E-state index contributed by atoms with van der Waals surface area (Å²) in [7, 11) is 0. The molecule has 0 aromatic heterocycles. The summed E-state index contributed by atoms with van der Waals surface area (Å²) in [5.41, 5.74) is 2.11. The molecule has 1 fully saturated rings. The maximum Gasteiger partial charge on any atom is 0.125 e. The highest BCUT2D eigenvalue weighted by molar-refractivity contribution is 5.51. The van der Waals surface area contributed by atoms with Gasteiger partial charge in [0.1, 0.15) is 5.82 Å².